The lowest BCUT2D eigenvalue weighted by atomic mass is 10.3. The Labute approximate surface area is 106 Å². The van der Waals surface area contributed by atoms with Gasteiger partial charge >= 0.3 is 0 Å². The van der Waals surface area contributed by atoms with Crippen LogP contribution in [0.4, 0.5) is 0 Å². The third kappa shape index (κ3) is 5.89. The summed E-state index contributed by atoms with van der Waals surface area (Å²) in [6, 6.07) is 4.35. The molecule has 0 atom stereocenters. The van der Waals surface area contributed by atoms with Gasteiger partial charge in [0.15, 0.2) is 0 Å². The average molecular weight is 237 g/mol. The highest BCUT2D eigenvalue weighted by atomic mass is 15.0. The van der Waals surface area contributed by atoms with Crippen molar-refractivity contribution in [2.45, 2.75) is 39.3 Å². The molecule has 0 aliphatic carbocycles. The van der Waals surface area contributed by atoms with Gasteiger partial charge in [0.05, 0.1) is 0 Å². The molecule has 0 aliphatic heterocycles. The fourth-order valence-corrected chi connectivity index (χ4v) is 1.96. The monoisotopic (exact) mass is 237 g/mol. The summed E-state index contributed by atoms with van der Waals surface area (Å²) in [5.74, 6) is 0. The van der Waals surface area contributed by atoms with E-state index in [1.54, 1.807) is 0 Å². The van der Waals surface area contributed by atoms with E-state index in [-0.39, 0.29) is 0 Å². The predicted octanol–water partition coefficient (Wildman–Crippen LogP) is 2.33. The Morgan fingerprint density at radius 3 is 2.82 bits per heavy atom. The largest absolute Gasteiger partial charge is 0.350 e. The van der Waals surface area contributed by atoms with Gasteiger partial charge in [0.2, 0.25) is 0 Å². The minimum Gasteiger partial charge on any atom is -0.350 e. The molecule has 0 fully saturated rings. The van der Waals surface area contributed by atoms with Gasteiger partial charge in [-0.3, -0.25) is 0 Å². The van der Waals surface area contributed by atoms with Crippen LogP contribution in [-0.2, 0) is 13.1 Å². The van der Waals surface area contributed by atoms with Crippen molar-refractivity contribution in [3.05, 3.63) is 24.0 Å². The Morgan fingerprint density at radius 1 is 1.29 bits per heavy atom. The Morgan fingerprint density at radius 2 is 2.12 bits per heavy atom. The number of hydrogen-bond donors (Lipinski definition) is 1. The van der Waals surface area contributed by atoms with Gasteiger partial charge in [-0.25, -0.2) is 0 Å². The predicted molar refractivity (Wildman–Crippen MR) is 74.2 cm³/mol. The summed E-state index contributed by atoms with van der Waals surface area (Å²) in [5, 5.41) is 3.52. The summed E-state index contributed by atoms with van der Waals surface area (Å²) in [6.45, 7) is 6.65. The molecule has 0 aromatic carbocycles. The fourth-order valence-electron chi connectivity index (χ4n) is 1.96. The van der Waals surface area contributed by atoms with Crippen LogP contribution in [0.3, 0.4) is 0 Å². The number of nitrogens with zero attached hydrogens (tertiary/aromatic N) is 2. The van der Waals surface area contributed by atoms with Gasteiger partial charge < -0.3 is 14.8 Å². The lowest BCUT2D eigenvalue weighted by molar-refractivity contribution is 0.391. The number of hydrogen-bond acceptors (Lipinski definition) is 2. The number of aryl methyl sites for hydroxylation is 1. The Balaban J connectivity index is 2.11. The summed E-state index contributed by atoms with van der Waals surface area (Å²) in [5.41, 5.74) is 1.40. The van der Waals surface area contributed by atoms with E-state index in [2.05, 4.69) is 54.1 Å². The minimum atomic E-state index is 0.995. The van der Waals surface area contributed by atoms with E-state index in [1.165, 1.54) is 31.5 Å². The summed E-state index contributed by atoms with van der Waals surface area (Å²) in [7, 11) is 4.26. The number of rotatable bonds is 9. The lowest BCUT2D eigenvalue weighted by Gasteiger charge is -2.11. The second-order valence-corrected chi connectivity index (χ2v) is 4.88. The van der Waals surface area contributed by atoms with Crippen LogP contribution in [0.25, 0.3) is 0 Å². The summed E-state index contributed by atoms with van der Waals surface area (Å²) >= 11 is 0. The molecule has 0 bridgehead atoms. The molecule has 17 heavy (non-hydrogen) atoms. The number of nitrogens with one attached hydrogen (secondary N) is 1. The Hall–Kier alpha value is -0.800. The summed E-state index contributed by atoms with van der Waals surface area (Å²) in [6.07, 6.45) is 5.90. The first-order valence-corrected chi connectivity index (χ1v) is 6.73. The van der Waals surface area contributed by atoms with Crippen LogP contribution < -0.4 is 5.32 Å². The molecule has 1 heterocycles. The SMILES string of the molecule is CCCn1cccc1CNCCCCN(C)C. The van der Waals surface area contributed by atoms with Crippen LogP contribution in [0.1, 0.15) is 31.9 Å². The third-order valence-electron chi connectivity index (χ3n) is 2.90. The zero-order valence-corrected chi connectivity index (χ0v) is 11.6. The molecule has 3 nitrogen and oxygen atoms in total. The molecule has 1 aromatic heterocycles. The highest BCUT2D eigenvalue weighted by Crippen LogP contribution is 2.03. The molecule has 0 radical (unpaired) electrons. The van der Waals surface area contributed by atoms with Crippen molar-refractivity contribution in [3.63, 3.8) is 0 Å². The maximum Gasteiger partial charge on any atom is 0.0359 e. The number of aromatic nitrogens is 1. The maximum atomic E-state index is 3.52. The van der Waals surface area contributed by atoms with Crippen molar-refractivity contribution < 1.29 is 0 Å². The van der Waals surface area contributed by atoms with Gasteiger partial charge in [0.1, 0.15) is 0 Å². The molecule has 0 unspecified atom stereocenters. The lowest BCUT2D eigenvalue weighted by Crippen LogP contribution is -2.19. The number of unbranched alkanes of at least 4 members (excludes halogenated alkanes) is 1. The second-order valence-electron chi connectivity index (χ2n) is 4.88. The van der Waals surface area contributed by atoms with E-state index in [4.69, 9.17) is 0 Å². The van der Waals surface area contributed by atoms with Crippen molar-refractivity contribution >= 4 is 0 Å². The van der Waals surface area contributed by atoms with Crippen LogP contribution in [0.2, 0.25) is 0 Å². The van der Waals surface area contributed by atoms with Crippen LogP contribution >= 0.6 is 0 Å². The fraction of sp³-hybridized carbons (Fsp3) is 0.714. The molecule has 0 amide bonds. The van der Waals surface area contributed by atoms with Gasteiger partial charge in [-0.2, -0.15) is 0 Å². The minimum absolute atomic E-state index is 0.995. The van der Waals surface area contributed by atoms with E-state index in [0.29, 0.717) is 0 Å². The summed E-state index contributed by atoms with van der Waals surface area (Å²) in [4.78, 5) is 2.24. The summed E-state index contributed by atoms with van der Waals surface area (Å²) < 4.78 is 2.34. The Kier molecular flexibility index (Phi) is 6.97. The van der Waals surface area contributed by atoms with Crippen molar-refractivity contribution in [1.29, 1.82) is 0 Å². The molecule has 1 N–H and O–H groups in total. The van der Waals surface area contributed by atoms with E-state index in [1.807, 2.05) is 0 Å². The molecule has 98 valence electrons. The van der Waals surface area contributed by atoms with Crippen molar-refractivity contribution in [2.75, 3.05) is 27.2 Å². The standard InChI is InChI=1S/C14H27N3/c1-4-10-17-12-7-8-14(17)13-15-9-5-6-11-16(2)3/h7-8,12,15H,4-6,9-11,13H2,1-3H3. The van der Waals surface area contributed by atoms with Gasteiger partial charge in [-0.15, -0.1) is 0 Å². The molecule has 0 aliphatic rings. The molecule has 0 saturated carbocycles. The van der Waals surface area contributed by atoms with Crippen LogP contribution in [0, 0.1) is 0 Å². The molecular weight excluding hydrogens is 210 g/mol. The highest BCUT2D eigenvalue weighted by Gasteiger charge is 1.99. The topological polar surface area (TPSA) is 20.2 Å². The molecule has 1 aromatic rings. The van der Waals surface area contributed by atoms with Crippen molar-refractivity contribution in [2.24, 2.45) is 0 Å². The third-order valence-corrected chi connectivity index (χ3v) is 2.90. The van der Waals surface area contributed by atoms with Crippen LogP contribution in [-0.4, -0.2) is 36.7 Å². The first-order chi connectivity index (χ1) is 8.24. The molecule has 3 heteroatoms. The van der Waals surface area contributed by atoms with Crippen molar-refractivity contribution in [1.82, 2.24) is 14.8 Å². The van der Waals surface area contributed by atoms with Gasteiger partial charge in [-0.05, 0) is 58.6 Å². The van der Waals surface area contributed by atoms with E-state index >= 15 is 0 Å². The highest BCUT2D eigenvalue weighted by molar-refractivity contribution is 5.06. The van der Waals surface area contributed by atoms with E-state index in [9.17, 15) is 0 Å². The maximum absolute atomic E-state index is 3.52. The van der Waals surface area contributed by atoms with Gasteiger partial charge in [0.25, 0.3) is 0 Å². The van der Waals surface area contributed by atoms with Crippen LogP contribution in [0.5, 0.6) is 0 Å². The van der Waals surface area contributed by atoms with Gasteiger partial charge in [-0.1, -0.05) is 6.92 Å². The smallest absolute Gasteiger partial charge is 0.0359 e. The van der Waals surface area contributed by atoms with E-state index < -0.39 is 0 Å². The molecule has 1 rings (SSSR count). The van der Waals surface area contributed by atoms with E-state index in [0.717, 1.165) is 19.6 Å². The zero-order valence-electron chi connectivity index (χ0n) is 11.6. The molecule has 0 saturated heterocycles. The normalized spacial score (nSPS) is 11.3. The molecule has 0 spiro atoms. The Bertz CT molecular complexity index is 291. The molecular formula is C14H27N3. The second kappa shape index (κ2) is 8.31. The van der Waals surface area contributed by atoms with Gasteiger partial charge in [0, 0.05) is 25.0 Å². The van der Waals surface area contributed by atoms with Crippen LogP contribution in [0.15, 0.2) is 18.3 Å². The first-order valence-electron chi connectivity index (χ1n) is 6.73. The van der Waals surface area contributed by atoms with Crippen molar-refractivity contribution in [3.8, 4) is 0 Å². The quantitative estimate of drug-likeness (QED) is 0.665. The first kappa shape index (κ1) is 14.3. The zero-order chi connectivity index (χ0) is 12.5. The average Bonchev–Trinajstić information content (AvgIpc) is 2.71.